The van der Waals surface area contributed by atoms with E-state index in [0.29, 0.717) is 36.6 Å². The van der Waals surface area contributed by atoms with Crippen LogP contribution >= 0.6 is 15.9 Å². The molecule has 13 heteroatoms. The van der Waals surface area contributed by atoms with Crippen molar-refractivity contribution in [2.24, 2.45) is 5.92 Å². The Balaban J connectivity index is 0.000000205. The lowest BCUT2D eigenvalue weighted by molar-refractivity contribution is -0.151. The highest BCUT2D eigenvalue weighted by molar-refractivity contribution is 9.10. The van der Waals surface area contributed by atoms with Crippen molar-refractivity contribution < 1.29 is 33.8 Å². The van der Waals surface area contributed by atoms with E-state index in [4.69, 9.17) is 9.47 Å². The Morgan fingerprint density at radius 2 is 1.57 bits per heavy atom. The van der Waals surface area contributed by atoms with E-state index in [2.05, 4.69) is 32.2 Å². The van der Waals surface area contributed by atoms with Crippen LogP contribution in [0.4, 0.5) is 15.3 Å². The third kappa shape index (κ3) is 9.73. The van der Waals surface area contributed by atoms with E-state index in [0.717, 1.165) is 82.3 Å². The molecule has 0 saturated carbocycles. The highest BCUT2D eigenvalue weighted by Crippen LogP contribution is 2.29. The summed E-state index contributed by atoms with van der Waals surface area (Å²) in [6.45, 7) is 6.35. The lowest BCUT2D eigenvalue weighted by atomic mass is 9.93. The van der Waals surface area contributed by atoms with Gasteiger partial charge in [0.05, 0.1) is 18.7 Å². The van der Waals surface area contributed by atoms with E-state index >= 15 is 0 Å². The normalized spacial score (nSPS) is 21.0. The molecule has 4 aliphatic heterocycles. The highest BCUT2D eigenvalue weighted by Gasteiger charge is 2.37. The van der Waals surface area contributed by atoms with Crippen molar-refractivity contribution in [2.45, 2.75) is 82.8 Å². The molecule has 0 aromatic heterocycles. The number of urea groups is 1. The van der Waals surface area contributed by atoms with Gasteiger partial charge in [0.15, 0.2) is 0 Å². The van der Waals surface area contributed by atoms with Gasteiger partial charge in [0.2, 0.25) is 5.91 Å². The number of carbonyl (C=O) groups excluding carboxylic acids is 4. The van der Waals surface area contributed by atoms with Crippen molar-refractivity contribution in [3.05, 3.63) is 58.1 Å². The maximum Gasteiger partial charge on any atom is 0.409 e. The third-order valence-electron chi connectivity index (χ3n) is 10.7. The Morgan fingerprint density at radius 1 is 0.882 bits per heavy atom. The first-order valence-electron chi connectivity index (χ1n) is 18.2. The van der Waals surface area contributed by atoms with E-state index < -0.39 is 0 Å². The molecule has 278 valence electrons. The van der Waals surface area contributed by atoms with Crippen LogP contribution in [0.3, 0.4) is 0 Å². The van der Waals surface area contributed by atoms with Gasteiger partial charge in [0.1, 0.15) is 11.8 Å². The van der Waals surface area contributed by atoms with Crippen LogP contribution < -0.4 is 5.32 Å². The molecule has 0 bridgehead atoms. The number of hydrogen-bond acceptors (Lipinski definition) is 8. The number of phenols is 1. The predicted octanol–water partition coefficient (Wildman–Crippen LogP) is 5.66. The summed E-state index contributed by atoms with van der Waals surface area (Å²) in [4.78, 5) is 57.0. The molecule has 0 unspecified atom stereocenters. The summed E-state index contributed by atoms with van der Waals surface area (Å²) in [6.07, 6.45) is 7.65. The molecule has 51 heavy (non-hydrogen) atoms. The molecule has 6 rings (SSSR count). The number of phenolic OH excluding ortho intramolecular Hbond substituents is 1. The second-order valence-electron chi connectivity index (χ2n) is 13.9. The Bertz CT molecular complexity index is 1530. The van der Waals surface area contributed by atoms with Crippen LogP contribution in [0.15, 0.2) is 46.9 Å². The molecule has 4 heterocycles. The fourth-order valence-corrected chi connectivity index (χ4v) is 8.28. The number of anilines is 1. The minimum atomic E-state index is -0.286. The van der Waals surface area contributed by atoms with E-state index in [1.807, 2.05) is 47.1 Å². The zero-order valence-corrected chi connectivity index (χ0v) is 31.6. The van der Waals surface area contributed by atoms with Crippen molar-refractivity contribution in [2.75, 3.05) is 58.8 Å². The number of methoxy groups -OCH3 is 2. The van der Waals surface area contributed by atoms with Gasteiger partial charge in [-0.1, -0.05) is 37.6 Å². The minimum Gasteiger partial charge on any atom is -0.507 e. The summed E-state index contributed by atoms with van der Waals surface area (Å²) < 4.78 is 10.4. The first kappa shape index (κ1) is 38.4. The molecule has 2 N–H and O–H groups in total. The maximum absolute atomic E-state index is 12.9. The number of nitrogens with one attached hydrogen (secondary N) is 1. The summed E-state index contributed by atoms with van der Waals surface area (Å²) in [5, 5.41) is 12.6. The monoisotopic (exact) mass is 769 g/mol. The van der Waals surface area contributed by atoms with Crippen molar-refractivity contribution in [3.63, 3.8) is 0 Å². The number of para-hydroxylation sites is 1. The highest BCUT2D eigenvalue weighted by atomic mass is 79.9. The van der Waals surface area contributed by atoms with Crippen LogP contribution in [0.5, 0.6) is 5.75 Å². The number of likely N-dealkylation sites (tertiary alicyclic amines) is 3. The number of amides is 4. The number of esters is 1. The quantitative estimate of drug-likeness (QED) is 0.360. The first-order chi connectivity index (χ1) is 24.6. The van der Waals surface area contributed by atoms with Crippen LogP contribution in [-0.2, 0) is 31.9 Å². The van der Waals surface area contributed by atoms with Gasteiger partial charge in [-0.3, -0.25) is 14.5 Å². The molecular weight excluding hydrogens is 718 g/mol. The second-order valence-corrected chi connectivity index (χ2v) is 14.8. The third-order valence-corrected chi connectivity index (χ3v) is 11.4. The number of ether oxygens (including phenoxy) is 2. The van der Waals surface area contributed by atoms with Crippen LogP contribution in [0.1, 0.15) is 63.0 Å². The molecule has 12 nitrogen and oxygen atoms in total. The smallest absolute Gasteiger partial charge is 0.409 e. The number of fused-ring (bicyclic) bond motifs is 1. The van der Waals surface area contributed by atoms with E-state index in [1.54, 1.807) is 11.0 Å². The molecule has 2 aromatic carbocycles. The summed E-state index contributed by atoms with van der Waals surface area (Å²) in [6, 6.07) is 13.7. The SMILES string of the molecule is COC(=O)N1CCC(N2CCc3ccccc3NC2=O)CC1.COC(=O)[C@H]1CCCCN1C1CCN(C(=O)[C@H](C)Cc2ccc(O)c(Br)c2)CC1. The van der Waals surface area contributed by atoms with E-state index in [-0.39, 0.29) is 47.8 Å². The fourth-order valence-electron chi connectivity index (χ4n) is 7.86. The number of aromatic hydroxyl groups is 1. The number of hydrogen-bond donors (Lipinski definition) is 2. The predicted molar refractivity (Wildman–Crippen MR) is 198 cm³/mol. The number of halogens is 1. The minimum absolute atomic E-state index is 0.0403. The molecule has 3 saturated heterocycles. The average molecular weight is 771 g/mol. The number of benzene rings is 2. The summed E-state index contributed by atoms with van der Waals surface area (Å²) in [7, 11) is 2.86. The lowest BCUT2D eigenvalue weighted by Crippen LogP contribution is -2.54. The summed E-state index contributed by atoms with van der Waals surface area (Å²) in [5.41, 5.74) is 3.10. The fraction of sp³-hybridized carbons (Fsp3) is 0.579. The molecule has 2 atom stereocenters. The number of carbonyl (C=O) groups is 4. The summed E-state index contributed by atoms with van der Waals surface area (Å²) in [5.74, 6) is 0.145. The molecule has 0 radical (unpaired) electrons. The first-order valence-corrected chi connectivity index (χ1v) is 19.0. The van der Waals surface area contributed by atoms with Crippen LogP contribution in [0.2, 0.25) is 0 Å². The Hall–Kier alpha value is -3.84. The van der Waals surface area contributed by atoms with Gasteiger partial charge in [-0.25, -0.2) is 9.59 Å². The average Bonchev–Trinajstić information content (AvgIpc) is 3.33. The number of piperidine rings is 3. The van der Waals surface area contributed by atoms with Crippen LogP contribution in [0, 0.1) is 5.92 Å². The molecule has 0 spiro atoms. The van der Waals surface area contributed by atoms with Gasteiger partial charge in [-0.2, -0.15) is 0 Å². The van der Waals surface area contributed by atoms with Gasteiger partial charge in [0, 0.05) is 56.4 Å². The molecular formula is C38H52BrN5O7. The lowest BCUT2D eigenvalue weighted by Gasteiger charge is -2.43. The zero-order valence-electron chi connectivity index (χ0n) is 30.0. The van der Waals surface area contributed by atoms with Gasteiger partial charge in [-0.05, 0) is 103 Å². The number of rotatable bonds is 6. The van der Waals surface area contributed by atoms with Gasteiger partial charge < -0.3 is 34.6 Å². The zero-order chi connectivity index (χ0) is 36.5. The molecule has 4 aliphatic rings. The Kier molecular flexibility index (Phi) is 13.6. The molecule has 3 fully saturated rings. The van der Waals surface area contributed by atoms with Crippen molar-refractivity contribution in [1.29, 1.82) is 0 Å². The van der Waals surface area contributed by atoms with Gasteiger partial charge >= 0.3 is 18.1 Å². The standard InChI is InChI=1S/C22H31BrN2O4.C16H21N3O3/c1-15(13-16-6-7-20(26)18(23)14-16)21(27)24-11-8-17(9-12-24)25-10-4-3-5-19(25)22(28)29-2;1-22-16(21)18-9-7-13(8-10-18)19-11-6-12-4-2-3-5-14(12)17-15(19)20/h6-7,14-15,17,19,26H,3-5,8-13H2,1-2H3;2-5,13H,6-11H2,1H3,(H,17,20)/t15-,19-;/m1./s1. The van der Waals surface area contributed by atoms with Gasteiger partial charge in [-0.15, -0.1) is 0 Å². The van der Waals surface area contributed by atoms with Crippen molar-refractivity contribution >= 4 is 45.6 Å². The Labute approximate surface area is 309 Å². The molecule has 2 aromatic rings. The second kappa shape index (κ2) is 18.1. The largest absolute Gasteiger partial charge is 0.507 e. The molecule has 0 aliphatic carbocycles. The van der Waals surface area contributed by atoms with Crippen LogP contribution in [0.25, 0.3) is 0 Å². The summed E-state index contributed by atoms with van der Waals surface area (Å²) >= 11 is 3.33. The van der Waals surface area contributed by atoms with Crippen molar-refractivity contribution in [3.8, 4) is 5.75 Å². The Morgan fingerprint density at radius 3 is 2.25 bits per heavy atom. The number of nitrogens with zero attached hydrogens (tertiary/aromatic N) is 4. The van der Waals surface area contributed by atoms with Gasteiger partial charge in [0.25, 0.3) is 0 Å². The van der Waals surface area contributed by atoms with Crippen molar-refractivity contribution in [1.82, 2.24) is 19.6 Å². The maximum atomic E-state index is 12.9. The topological polar surface area (TPSA) is 132 Å². The van der Waals surface area contributed by atoms with Crippen LogP contribution in [-0.4, -0.2) is 120 Å². The molecule has 4 amide bonds. The van der Waals surface area contributed by atoms with E-state index in [9.17, 15) is 24.3 Å². The van der Waals surface area contributed by atoms with E-state index in [1.165, 1.54) is 19.8 Å².